The van der Waals surface area contributed by atoms with Gasteiger partial charge in [-0.15, -0.1) is 0 Å². The van der Waals surface area contributed by atoms with Crippen molar-refractivity contribution in [3.8, 4) is 22.4 Å². The number of nitrogens with zero attached hydrogens (tertiary/aromatic N) is 6. The Hall–Kier alpha value is -3.81. The third-order valence-corrected chi connectivity index (χ3v) is 5.61. The van der Waals surface area contributed by atoms with Gasteiger partial charge in [-0.05, 0) is 50.1 Å². The molecule has 0 aromatic carbocycles. The van der Waals surface area contributed by atoms with Gasteiger partial charge in [-0.2, -0.15) is 5.10 Å². The first-order chi connectivity index (χ1) is 15.1. The Labute approximate surface area is 179 Å². The minimum atomic E-state index is -0.187. The van der Waals surface area contributed by atoms with Crippen molar-refractivity contribution in [3.63, 3.8) is 0 Å². The minimum absolute atomic E-state index is 0.187. The van der Waals surface area contributed by atoms with Gasteiger partial charge >= 0.3 is 0 Å². The molecule has 5 rings (SSSR count). The van der Waals surface area contributed by atoms with Gasteiger partial charge in [0.2, 0.25) is 0 Å². The van der Waals surface area contributed by atoms with Crippen LogP contribution in [0.3, 0.4) is 0 Å². The van der Waals surface area contributed by atoms with Crippen LogP contribution in [0.5, 0.6) is 0 Å². The van der Waals surface area contributed by atoms with Crippen LogP contribution in [0, 0.1) is 13.8 Å². The molecule has 0 aliphatic carbocycles. The molecule has 8 nitrogen and oxygen atoms in total. The highest BCUT2D eigenvalue weighted by Crippen LogP contribution is 2.26. The summed E-state index contributed by atoms with van der Waals surface area (Å²) in [4.78, 5) is 23.8. The highest BCUT2D eigenvalue weighted by molar-refractivity contribution is 5.66. The van der Waals surface area contributed by atoms with Crippen LogP contribution >= 0.6 is 0 Å². The molecule has 0 spiro atoms. The summed E-state index contributed by atoms with van der Waals surface area (Å²) < 4.78 is 6.83. The lowest BCUT2D eigenvalue weighted by Gasteiger charge is -2.32. The zero-order chi connectivity index (χ0) is 21.4. The summed E-state index contributed by atoms with van der Waals surface area (Å²) in [5, 5.41) is 8.59. The number of anilines is 1. The van der Waals surface area contributed by atoms with Gasteiger partial charge < -0.3 is 9.42 Å². The average molecular weight is 414 g/mol. The lowest BCUT2D eigenvalue weighted by molar-refractivity contribution is 0.397. The first-order valence-corrected chi connectivity index (χ1v) is 10.3. The van der Waals surface area contributed by atoms with Crippen LogP contribution in [-0.4, -0.2) is 38.0 Å². The molecule has 1 aliphatic heterocycles. The van der Waals surface area contributed by atoms with E-state index >= 15 is 0 Å². The molecule has 1 aliphatic rings. The second-order valence-electron chi connectivity index (χ2n) is 7.74. The Morgan fingerprint density at radius 3 is 2.58 bits per heavy atom. The van der Waals surface area contributed by atoms with E-state index in [1.807, 2.05) is 38.1 Å². The van der Waals surface area contributed by atoms with E-state index in [4.69, 9.17) is 4.52 Å². The molecule has 0 amide bonds. The van der Waals surface area contributed by atoms with Gasteiger partial charge in [-0.3, -0.25) is 9.78 Å². The van der Waals surface area contributed by atoms with Crippen LogP contribution < -0.4 is 10.5 Å². The summed E-state index contributed by atoms with van der Waals surface area (Å²) in [5.74, 6) is 1.59. The van der Waals surface area contributed by atoms with E-state index in [2.05, 4.69) is 25.1 Å². The molecule has 0 bridgehead atoms. The van der Waals surface area contributed by atoms with Crippen molar-refractivity contribution in [1.29, 1.82) is 0 Å². The van der Waals surface area contributed by atoms with Crippen LogP contribution in [0.4, 0.5) is 5.82 Å². The van der Waals surface area contributed by atoms with E-state index in [0.29, 0.717) is 11.5 Å². The van der Waals surface area contributed by atoms with Crippen molar-refractivity contribution >= 4 is 5.82 Å². The SMILES string of the molecule is Cc1ccc(-c2noc(C)c2Cn2ncc(-c3ccnc(N4CCC4)c3)cc2=O)cn1. The molecule has 1 fully saturated rings. The van der Waals surface area contributed by atoms with E-state index in [0.717, 1.165) is 46.9 Å². The van der Waals surface area contributed by atoms with E-state index in [1.54, 1.807) is 24.7 Å². The molecule has 156 valence electrons. The van der Waals surface area contributed by atoms with Crippen molar-refractivity contribution in [3.05, 3.63) is 76.3 Å². The Morgan fingerprint density at radius 1 is 1.00 bits per heavy atom. The molecule has 0 saturated carbocycles. The van der Waals surface area contributed by atoms with Gasteiger partial charge in [0.25, 0.3) is 5.56 Å². The molecule has 5 heterocycles. The number of aromatic nitrogens is 5. The monoisotopic (exact) mass is 414 g/mol. The topological polar surface area (TPSA) is 89.9 Å². The van der Waals surface area contributed by atoms with Gasteiger partial charge in [-0.1, -0.05) is 5.16 Å². The van der Waals surface area contributed by atoms with Crippen LogP contribution in [0.2, 0.25) is 0 Å². The second-order valence-corrected chi connectivity index (χ2v) is 7.74. The quantitative estimate of drug-likeness (QED) is 0.495. The summed E-state index contributed by atoms with van der Waals surface area (Å²) in [7, 11) is 0. The molecule has 0 N–H and O–H groups in total. The Morgan fingerprint density at radius 2 is 1.87 bits per heavy atom. The fraction of sp³-hybridized carbons (Fsp3) is 0.261. The lowest BCUT2D eigenvalue weighted by atomic mass is 10.1. The molecule has 4 aromatic heterocycles. The van der Waals surface area contributed by atoms with Gasteiger partial charge in [0.15, 0.2) is 0 Å². The number of aryl methyl sites for hydroxylation is 2. The number of hydrogen-bond acceptors (Lipinski definition) is 7. The molecular formula is C23H22N6O2. The molecule has 31 heavy (non-hydrogen) atoms. The summed E-state index contributed by atoms with van der Waals surface area (Å²) in [6, 6.07) is 9.38. The number of rotatable bonds is 5. The van der Waals surface area contributed by atoms with Crippen molar-refractivity contribution in [2.24, 2.45) is 0 Å². The summed E-state index contributed by atoms with van der Waals surface area (Å²) in [6.07, 6.45) is 6.44. The normalized spacial score (nSPS) is 13.3. The maximum atomic E-state index is 12.8. The van der Waals surface area contributed by atoms with Gasteiger partial charge in [-0.25, -0.2) is 9.67 Å². The predicted molar refractivity (Wildman–Crippen MR) is 117 cm³/mol. The van der Waals surface area contributed by atoms with Crippen molar-refractivity contribution in [2.45, 2.75) is 26.8 Å². The third-order valence-electron chi connectivity index (χ3n) is 5.61. The van der Waals surface area contributed by atoms with Gasteiger partial charge in [0, 0.05) is 53.9 Å². The summed E-state index contributed by atoms with van der Waals surface area (Å²) in [6.45, 7) is 6.08. The first kappa shape index (κ1) is 19.2. The van der Waals surface area contributed by atoms with Crippen LogP contribution in [0.25, 0.3) is 22.4 Å². The van der Waals surface area contributed by atoms with E-state index < -0.39 is 0 Å². The summed E-state index contributed by atoms with van der Waals surface area (Å²) >= 11 is 0. The van der Waals surface area contributed by atoms with Gasteiger partial charge in [0.05, 0.1) is 12.7 Å². The molecule has 0 atom stereocenters. The molecule has 8 heteroatoms. The van der Waals surface area contributed by atoms with Crippen molar-refractivity contribution < 1.29 is 4.52 Å². The van der Waals surface area contributed by atoms with E-state index in [9.17, 15) is 4.79 Å². The minimum Gasteiger partial charge on any atom is -0.361 e. The van der Waals surface area contributed by atoms with Crippen LogP contribution in [0.15, 0.2) is 58.2 Å². The summed E-state index contributed by atoms with van der Waals surface area (Å²) in [5.41, 5.74) is 4.78. The Bertz CT molecular complexity index is 1290. The average Bonchev–Trinajstić information content (AvgIpc) is 3.09. The highest BCUT2D eigenvalue weighted by atomic mass is 16.5. The molecule has 1 saturated heterocycles. The smallest absolute Gasteiger partial charge is 0.267 e. The van der Waals surface area contributed by atoms with E-state index in [1.165, 1.54) is 11.1 Å². The zero-order valence-corrected chi connectivity index (χ0v) is 17.4. The third kappa shape index (κ3) is 3.72. The van der Waals surface area contributed by atoms with E-state index in [-0.39, 0.29) is 12.1 Å². The standard InChI is InChI=1S/C23H22N6O2/c1-15-4-5-18(12-25-15)23-20(16(2)31-27-23)14-29-22(30)11-19(13-26-29)17-6-7-24-21(10-17)28-8-3-9-28/h4-7,10-13H,3,8-9,14H2,1-2H3. The molecule has 0 radical (unpaired) electrons. The predicted octanol–water partition coefficient (Wildman–Crippen LogP) is 3.23. The molecule has 4 aromatic rings. The van der Waals surface area contributed by atoms with Crippen LogP contribution in [0.1, 0.15) is 23.4 Å². The maximum absolute atomic E-state index is 12.8. The fourth-order valence-corrected chi connectivity index (χ4v) is 3.59. The fourth-order valence-electron chi connectivity index (χ4n) is 3.59. The van der Waals surface area contributed by atoms with Crippen LogP contribution in [-0.2, 0) is 6.54 Å². The Kier molecular flexibility index (Phi) is 4.82. The van der Waals surface area contributed by atoms with Gasteiger partial charge in [0.1, 0.15) is 17.3 Å². The Balaban J connectivity index is 1.44. The number of pyridine rings is 2. The zero-order valence-electron chi connectivity index (χ0n) is 17.4. The van der Waals surface area contributed by atoms with Crippen molar-refractivity contribution in [1.82, 2.24) is 24.9 Å². The first-order valence-electron chi connectivity index (χ1n) is 10.3. The molecule has 0 unspecified atom stereocenters. The highest BCUT2D eigenvalue weighted by Gasteiger charge is 2.18. The second kappa shape index (κ2) is 7.79. The molecular weight excluding hydrogens is 392 g/mol. The largest absolute Gasteiger partial charge is 0.361 e. The maximum Gasteiger partial charge on any atom is 0.267 e. The lowest BCUT2D eigenvalue weighted by Crippen LogP contribution is -2.37. The number of hydrogen-bond donors (Lipinski definition) is 0. The van der Waals surface area contributed by atoms with Crippen molar-refractivity contribution in [2.75, 3.05) is 18.0 Å².